The van der Waals surface area contributed by atoms with Gasteiger partial charge in [-0.25, -0.2) is 4.98 Å². The van der Waals surface area contributed by atoms with Gasteiger partial charge in [0, 0.05) is 41.4 Å². The number of para-hydroxylation sites is 2. The standard InChI is InChI=1S/C62H66N4O.Pt/c1-58(2,3)41-21-18-20-40(30-41)50-23-19-25-54-57(50)65(46-32-43(60(7,8)9)31-44(33-46)61(10,11)12)39-64(54)47-34-45(62(13,14)15)35-49(37-47)67-48-26-27-52-51-22-16-17-24-53(51)66(55(52)38-48)56-36-42(28-29-63-56)59(4,5)6;/h16-36H,1-15H3;/q;+2. The van der Waals surface area contributed by atoms with Crippen molar-refractivity contribution in [3.63, 3.8) is 0 Å². The number of rotatable bonds is 6. The van der Waals surface area contributed by atoms with Crippen molar-refractivity contribution in [3.8, 4) is 28.4 Å². The summed E-state index contributed by atoms with van der Waals surface area (Å²) in [7, 11) is 0. The Morgan fingerprint density at radius 3 is 1.79 bits per heavy atom. The van der Waals surface area contributed by atoms with Crippen LogP contribution >= 0.6 is 0 Å². The number of aromatic nitrogens is 2. The van der Waals surface area contributed by atoms with Crippen molar-refractivity contribution in [2.45, 2.75) is 131 Å². The largest absolute Gasteiger partial charge is 2.00 e. The number of fused-ring (bicyclic) bond motifs is 4. The van der Waals surface area contributed by atoms with E-state index in [1.807, 2.05) is 12.3 Å². The average Bonchev–Trinajstić information content (AvgIpc) is 3.81. The fourth-order valence-corrected chi connectivity index (χ4v) is 8.95. The van der Waals surface area contributed by atoms with Crippen LogP contribution in [0.15, 0.2) is 128 Å². The SMILES string of the molecule is CC(C)(C)c1cc(Oc2[c-]c3c(cc2)c2ccccc2n3-c2cc(C(C)(C)C)ccn2)[c-]c([N+]2=C=[N+](c3cc(C(C)(C)C)cc(C(C)(C)C)c3)c3c(-c4cccc(C(C)(C)C)c4)cccc32)c1.[Pt+2]. The first-order valence-corrected chi connectivity index (χ1v) is 23.8. The van der Waals surface area contributed by atoms with Gasteiger partial charge in [-0.05, 0) is 89.1 Å². The number of hydrogen-bond donors (Lipinski definition) is 0. The molecule has 0 unspecified atom stereocenters. The summed E-state index contributed by atoms with van der Waals surface area (Å²) in [6.45, 7) is 34.0. The van der Waals surface area contributed by atoms with E-state index in [0.29, 0.717) is 11.5 Å². The Balaban J connectivity index is 0.00000625. The molecular formula is C62H66N4OPt+2. The van der Waals surface area contributed by atoms with E-state index in [4.69, 9.17) is 9.72 Å². The molecule has 0 spiro atoms. The topological polar surface area (TPSA) is 33.1 Å². The molecule has 68 heavy (non-hydrogen) atoms. The number of nitrogens with zero attached hydrogens (tertiary/aromatic N) is 4. The molecule has 0 amide bonds. The molecular weight excluding hydrogens is 1010 g/mol. The van der Waals surface area contributed by atoms with Crippen LogP contribution in [0.25, 0.3) is 38.8 Å². The Morgan fingerprint density at radius 1 is 0.515 bits per heavy atom. The summed E-state index contributed by atoms with van der Waals surface area (Å²) < 4.78 is 13.6. The van der Waals surface area contributed by atoms with Crippen LogP contribution in [-0.4, -0.2) is 15.6 Å². The summed E-state index contributed by atoms with van der Waals surface area (Å²) in [4.78, 5) is 4.90. The third-order valence-electron chi connectivity index (χ3n) is 13.2. The Morgan fingerprint density at radius 2 is 1.13 bits per heavy atom. The Bertz CT molecular complexity index is 3300. The minimum absolute atomic E-state index is 0. The van der Waals surface area contributed by atoms with Crippen molar-refractivity contribution >= 4 is 50.6 Å². The third kappa shape index (κ3) is 9.33. The molecule has 2 aromatic heterocycles. The normalized spacial score (nSPS) is 13.3. The van der Waals surface area contributed by atoms with E-state index in [1.54, 1.807) is 0 Å². The quantitative estimate of drug-likeness (QED) is 0.123. The third-order valence-corrected chi connectivity index (χ3v) is 13.2. The van der Waals surface area contributed by atoms with E-state index in [-0.39, 0.29) is 48.1 Å². The van der Waals surface area contributed by atoms with Gasteiger partial charge in [-0.2, -0.15) is 6.07 Å². The molecule has 0 radical (unpaired) electrons. The van der Waals surface area contributed by atoms with E-state index in [0.717, 1.165) is 61.5 Å². The minimum atomic E-state index is -0.202. The number of benzene rings is 6. The van der Waals surface area contributed by atoms with Gasteiger partial charge >= 0.3 is 32.8 Å². The smallest absolute Gasteiger partial charge is 0.509 e. The van der Waals surface area contributed by atoms with Gasteiger partial charge in [-0.1, -0.05) is 181 Å². The second-order valence-corrected chi connectivity index (χ2v) is 23.6. The summed E-state index contributed by atoms with van der Waals surface area (Å²) in [5.74, 6) is 2.06. The predicted molar refractivity (Wildman–Crippen MR) is 282 cm³/mol. The van der Waals surface area contributed by atoms with Crippen molar-refractivity contribution in [1.82, 2.24) is 18.7 Å². The first kappa shape index (κ1) is 48.6. The van der Waals surface area contributed by atoms with E-state index in [9.17, 15) is 0 Å². The van der Waals surface area contributed by atoms with Gasteiger partial charge in [0.05, 0.1) is 5.56 Å². The maximum Gasteiger partial charge on any atom is 2.00 e. The molecule has 1 aliphatic heterocycles. The molecule has 0 aliphatic carbocycles. The van der Waals surface area contributed by atoms with Crippen molar-refractivity contribution in [3.05, 3.63) is 167 Å². The van der Waals surface area contributed by atoms with Crippen molar-refractivity contribution in [2.75, 3.05) is 0 Å². The number of hydrogen-bond acceptors (Lipinski definition) is 2. The molecule has 0 saturated heterocycles. The predicted octanol–water partition coefficient (Wildman–Crippen LogP) is 16.6. The molecule has 0 saturated carbocycles. The fraction of sp³-hybridized carbons (Fsp3) is 0.323. The molecule has 0 N–H and O–H groups in total. The van der Waals surface area contributed by atoms with Crippen LogP contribution < -0.4 is 13.9 Å². The van der Waals surface area contributed by atoms with Crippen LogP contribution in [0.2, 0.25) is 0 Å². The Hall–Kier alpha value is -5.86. The first-order valence-electron chi connectivity index (χ1n) is 23.8. The molecule has 0 atom stereocenters. The second-order valence-electron chi connectivity index (χ2n) is 23.6. The van der Waals surface area contributed by atoms with Crippen molar-refractivity contribution < 1.29 is 25.8 Å². The van der Waals surface area contributed by atoms with Crippen LogP contribution in [0.1, 0.15) is 132 Å². The van der Waals surface area contributed by atoms with Gasteiger partial charge < -0.3 is 9.30 Å². The Kier molecular flexibility index (Phi) is 12.3. The van der Waals surface area contributed by atoms with Crippen molar-refractivity contribution in [2.24, 2.45) is 0 Å². The molecule has 6 aromatic carbocycles. The van der Waals surface area contributed by atoms with Gasteiger partial charge in [-0.3, -0.25) is 0 Å². The molecule has 9 rings (SSSR count). The maximum absolute atomic E-state index is 6.92. The van der Waals surface area contributed by atoms with E-state index >= 15 is 0 Å². The van der Waals surface area contributed by atoms with Crippen LogP contribution in [0, 0.1) is 12.1 Å². The molecule has 3 heterocycles. The van der Waals surface area contributed by atoms with E-state index in [1.165, 1.54) is 27.8 Å². The molecule has 348 valence electrons. The molecule has 8 aromatic rings. The zero-order chi connectivity index (χ0) is 48.0. The van der Waals surface area contributed by atoms with Gasteiger partial charge in [0.25, 0.3) is 5.69 Å². The zero-order valence-electron chi connectivity index (χ0n) is 42.6. The summed E-state index contributed by atoms with van der Waals surface area (Å²) in [6, 6.07) is 55.4. The molecule has 0 fully saturated rings. The van der Waals surface area contributed by atoms with Gasteiger partial charge in [-0.15, -0.1) is 29.1 Å². The van der Waals surface area contributed by atoms with E-state index < -0.39 is 0 Å². The van der Waals surface area contributed by atoms with Crippen LogP contribution in [0.4, 0.5) is 22.7 Å². The van der Waals surface area contributed by atoms with Gasteiger partial charge in [0.15, 0.2) is 0 Å². The molecule has 0 bridgehead atoms. The van der Waals surface area contributed by atoms with Crippen LogP contribution in [0.3, 0.4) is 0 Å². The van der Waals surface area contributed by atoms with Crippen LogP contribution in [0.5, 0.6) is 11.5 Å². The molecule has 5 nitrogen and oxygen atoms in total. The van der Waals surface area contributed by atoms with Crippen molar-refractivity contribution in [1.29, 1.82) is 0 Å². The number of ether oxygens (including phenoxy) is 1. The Labute approximate surface area is 419 Å². The molecule has 1 aliphatic rings. The maximum atomic E-state index is 6.92. The summed E-state index contributed by atoms with van der Waals surface area (Å²) in [6.07, 6.45) is 1.91. The zero-order valence-corrected chi connectivity index (χ0v) is 44.9. The summed E-state index contributed by atoms with van der Waals surface area (Å²) >= 11 is 0. The van der Waals surface area contributed by atoms with Gasteiger partial charge in [0.2, 0.25) is 5.69 Å². The summed E-state index contributed by atoms with van der Waals surface area (Å²) in [5, 5.41) is 2.23. The van der Waals surface area contributed by atoms with E-state index in [2.05, 4.69) is 251 Å². The molecule has 6 heteroatoms. The summed E-state index contributed by atoms with van der Waals surface area (Å²) in [5.41, 5.74) is 14.1. The number of pyridine rings is 1. The van der Waals surface area contributed by atoms with Crippen LogP contribution in [-0.2, 0) is 48.1 Å². The van der Waals surface area contributed by atoms with Gasteiger partial charge in [0.1, 0.15) is 11.5 Å². The second kappa shape index (κ2) is 17.3. The fourth-order valence-electron chi connectivity index (χ4n) is 8.95. The monoisotopic (exact) mass is 1080 g/mol. The average molecular weight is 1080 g/mol. The minimum Gasteiger partial charge on any atom is -0.509 e. The first-order chi connectivity index (χ1) is 31.3.